The molecule has 0 saturated heterocycles. The molecular formula is C13H24N2OS. The lowest BCUT2D eigenvalue weighted by atomic mass is 10.2. The molecule has 1 unspecified atom stereocenters. The third-order valence-electron chi connectivity index (χ3n) is 2.58. The van der Waals surface area contributed by atoms with E-state index in [4.69, 9.17) is 9.72 Å². The summed E-state index contributed by atoms with van der Waals surface area (Å²) in [5.41, 5.74) is 1.25. The SMILES string of the molecule is CCCc1nc(C(C)OCC)sc1CNCC. The standard InChI is InChI=1S/C13H24N2OS/c1-5-8-11-12(9-14-6-2)17-13(15-11)10(4)16-7-3/h10,14H,5-9H2,1-4H3. The van der Waals surface area contributed by atoms with Crippen molar-refractivity contribution in [1.29, 1.82) is 0 Å². The Kier molecular flexibility index (Phi) is 6.70. The van der Waals surface area contributed by atoms with Gasteiger partial charge in [0.2, 0.25) is 0 Å². The molecule has 0 radical (unpaired) electrons. The number of rotatable bonds is 8. The Hall–Kier alpha value is -0.450. The van der Waals surface area contributed by atoms with Gasteiger partial charge in [-0.1, -0.05) is 20.3 Å². The van der Waals surface area contributed by atoms with Crippen LogP contribution in [0.25, 0.3) is 0 Å². The van der Waals surface area contributed by atoms with Crippen molar-refractivity contribution < 1.29 is 4.74 Å². The maximum atomic E-state index is 5.61. The third kappa shape index (κ3) is 4.37. The molecule has 0 aromatic carbocycles. The highest BCUT2D eigenvalue weighted by atomic mass is 32.1. The van der Waals surface area contributed by atoms with Crippen LogP contribution in [0, 0.1) is 0 Å². The second kappa shape index (κ2) is 7.80. The summed E-state index contributed by atoms with van der Waals surface area (Å²) in [6.07, 6.45) is 2.33. The molecule has 1 atom stereocenters. The quantitative estimate of drug-likeness (QED) is 0.775. The maximum absolute atomic E-state index is 5.61. The van der Waals surface area contributed by atoms with Gasteiger partial charge in [-0.2, -0.15) is 0 Å². The molecule has 0 fully saturated rings. The third-order valence-corrected chi connectivity index (χ3v) is 3.84. The van der Waals surface area contributed by atoms with Crippen LogP contribution in [0.3, 0.4) is 0 Å². The zero-order valence-corrected chi connectivity index (χ0v) is 12.2. The normalized spacial score (nSPS) is 12.9. The largest absolute Gasteiger partial charge is 0.372 e. The first-order valence-electron chi connectivity index (χ1n) is 6.53. The average Bonchev–Trinajstić information content (AvgIpc) is 2.71. The van der Waals surface area contributed by atoms with Crippen LogP contribution >= 0.6 is 11.3 Å². The zero-order valence-electron chi connectivity index (χ0n) is 11.4. The summed E-state index contributed by atoms with van der Waals surface area (Å²) in [5, 5.41) is 4.49. The van der Waals surface area contributed by atoms with Gasteiger partial charge in [0.25, 0.3) is 0 Å². The number of nitrogens with zero attached hydrogens (tertiary/aromatic N) is 1. The highest BCUT2D eigenvalue weighted by Gasteiger charge is 2.15. The van der Waals surface area contributed by atoms with Crippen molar-refractivity contribution in [2.24, 2.45) is 0 Å². The molecule has 1 N–H and O–H groups in total. The number of hydrogen-bond acceptors (Lipinski definition) is 4. The molecule has 0 spiro atoms. The summed E-state index contributed by atoms with van der Waals surface area (Å²) in [6.45, 7) is 11.1. The molecule has 0 amide bonds. The molecule has 1 heterocycles. The molecule has 0 saturated carbocycles. The van der Waals surface area contributed by atoms with Gasteiger partial charge in [0, 0.05) is 18.0 Å². The second-order valence-electron chi connectivity index (χ2n) is 4.05. The topological polar surface area (TPSA) is 34.1 Å². The van der Waals surface area contributed by atoms with E-state index in [-0.39, 0.29) is 6.10 Å². The van der Waals surface area contributed by atoms with E-state index in [9.17, 15) is 0 Å². The number of aromatic nitrogens is 1. The minimum atomic E-state index is 0.121. The number of aryl methyl sites for hydroxylation is 1. The number of nitrogens with one attached hydrogen (secondary N) is 1. The van der Waals surface area contributed by atoms with Gasteiger partial charge in [0.15, 0.2) is 0 Å². The Morgan fingerprint density at radius 2 is 2.12 bits per heavy atom. The van der Waals surface area contributed by atoms with Crippen molar-refractivity contribution in [3.8, 4) is 0 Å². The Bertz CT molecular complexity index is 325. The summed E-state index contributed by atoms with van der Waals surface area (Å²) in [4.78, 5) is 6.10. The van der Waals surface area contributed by atoms with Crippen LogP contribution in [0.2, 0.25) is 0 Å². The van der Waals surface area contributed by atoms with Gasteiger partial charge in [0.05, 0.1) is 5.69 Å². The van der Waals surface area contributed by atoms with Crippen LogP contribution < -0.4 is 5.32 Å². The van der Waals surface area contributed by atoms with Crippen LogP contribution in [-0.2, 0) is 17.7 Å². The highest BCUT2D eigenvalue weighted by molar-refractivity contribution is 7.11. The molecule has 0 aliphatic rings. The van der Waals surface area contributed by atoms with Gasteiger partial charge in [-0.3, -0.25) is 0 Å². The zero-order chi connectivity index (χ0) is 12.7. The van der Waals surface area contributed by atoms with Crippen molar-refractivity contribution in [3.63, 3.8) is 0 Å². The molecule has 0 aliphatic heterocycles. The molecule has 1 rings (SSSR count). The number of hydrogen-bond donors (Lipinski definition) is 1. The van der Waals surface area contributed by atoms with Crippen molar-refractivity contribution in [3.05, 3.63) is 15.6 Å². The lowest BCUT2D eigenvalue weighted by Gasteiger charge is -2.06. The lowest BCUT2D eigenvalue weighted by molar-refractivity contribution is 0.0761. The molecule has 4 heteroatoms. The van der Waals surface area contributed by atoms with Gasteiger partial charge in [-0.25, -0.2) is 4.98 Å². The number of ether oxygens (including phenoxy) is 1. The van der Waals surface area contributed by atoms with E-state index in [1.54, 1.807) is 11.3 Å². The smallest absolute Gasteiger partial charge is 0.122 e. The van der Waals surface area contributed by atoms with Gasteiger partial charge in [0.1, 0.15) is 11.1 Å². The van der Waals surface area contributed by atoms with E-state index in [1.165, 1.54) is 10.6 Å². The number of thiazole rings is 1. The molecule has 3 nitrogen and oxygen atoms in total. The molecule has 1 aromatic heterocycles. The first-order valence-corrected chi connectivity index (χ1v) is 7.35. The summed E-state index contributed by atoms with van der Waals surface area (Å²) in [5.74, 6) is 0. The van der Waals surface area contributed by atoms with Gasteiger partial charge >= 0.3 is 0 Å². The van der Waals surface area contributed by atoms with Gasteiger partial charge in [-0.15, -0.1) is 11.3 Å². The predicted octanol–water partition coefficient (Wildman–Crippen LogP) is 3.30. The minimum Gasteiger partial charge on any atom is -0.372 e. The summed E-state index contributed by atoms with van der Waals surface area (Å²) in [7, 11) is 0. The monoisotopic (exact) mass is 256 g/mol. The van der Waals surface area contributed by atoms with Crippen molar-refractivity contribution in [2.75, 3.05) is 13.2 Å². The summed E-state index contributed by atoms with van der Waals surface area (Å²) >= 11 is 1.79. The predicted molar refractivity (Wildman–Crippen MR) is 73.5 cm³/mol. The average molecular weight is 256 g/mol. The van der Waals surface area contributed by atoms with Crippen LogP contribution in [0.5, 0.6) is 0 Å². The van der Waals surface area contributed by atoms with E-state index in [2.05, 4.69) is 26.1 Å². The van der Waals surface area contributed by atoms with E-state index in [0.717, 1.165) is 37.5 Å². The second-order valence-corrected chi connectivity index (χ2v) is 5.17. The van der Waals surface area contributed by atoms with Crippen LogP contribution in [0.15, 0.2) is 0 Å². The molecule has 98 valence electrons. The first-order chi connectivity index (χ1) is 8.22. The van der Waals surface area contributed by atoms with Crippen LogP contribution in [0.1, 0.15) is 55.8 Å². The van der Waals surface area contributed by atoms with Crippen LogP contribution in [0.4, 0.5) is 0 Å². The first kappa shape index (κ1) is 14.6. The fraction of sp³-hybridized carbons (Fsp3) is 0.769. The Balaban J connectivity index is 2.78. The van der Waals surface area contributed by atoms with E-state index in [1.807, 2.05) is 6.92 Å². The lowest BCUT2D eigenvalue weighted by Crippen LogP contribution is -2.11. The van der Waals surface area contributed by atoms with Crippen molar-refractivity contribution >= 4 is 11.3 Å². The Morgan fingerprint density at radius 3 is 2.71 bits per heavy atom. The van der Waals surface area contributed by atoms with E-state index < -0.39 is 0 Å². The Labute approximate surface area is 109 Å². The van der Waals surface area contributed by atoms with Crippen molar-refractivity contribution in [1.82, 2.24) is 10.3 Å². The van der Waals surface area contributed by atoms with Crippen LogP contribution in [-0.4, -0.2) is 18.1 Å². The minimum absolute atomic E-state index is 0.121. The van der Waals surface area contributed by atoms with Gasteiger partial charge in [-0.05, 0) is 26.8 Å². The molecule has 0 bridgehead atoms. The highest BCUT2D eigenvalue weighted by Crippen LogP contribution is 2.26. The summed E-state index contributed by atoms with van der Waals surface area (Å²) < 4.78 is 5.61. The van der Waals surface area contributed by atoms with E-state index >= 15 is 0 Å². The Morgan fingerprint density at radius 1 is 1.35 bits per heavy atom. The summed E-state index contributed by atoms with van der Waals surface area (Å²) in [6, 6.07) is 0. The molecule has 1 aromatic rings. The maximum Gasteiger partial charge on any atom is 0.122 e. The molecular weight excluding hydrogens is 232 g/mol. The molecule has 17 heavy (non-hydrogen) atoms. The van der Waals surface area contributed by atoms with Crippen molar-refractivity contribution in [2.45, 2.75) is 53.2 Å². The van der Waals surface area contributed by atoms with E-state index in [0.29, 0.717) is 0 Å². The fourth-order valence-electron chi connectivity index (χ4n) is 1.71. The molecule has 0 aliphatic carbocycles. The van der Waals surface area contributed by atoms with Gasteiger partial charge < -0.3 is 10.1 Å². The fourth-order valence-corrected chi connectivity index (χ4v) is 2.79.